The maximum atomic E-state index is 13.5. The number of aromatic nitrogens is 1. The third-order valence-electron chi connectivity index (χ3n) is 6.71. The molecule has 3 N–H and O–H groups in total. The molecule has 2 aromatic carbocycles. The minimum absolute atomic E-state index is 0.0596. The zero-order chi connectivity index (χ0) is 25.9. The molecule has 188 valence electrons. The maximum Gasteiger partial charge on any atom is 0.325 e. The Kier molecular flexibility index (Phi) is 7.35. The first kappa shape index (κ1) is 25.3. The number of nitrogens with zero attached hydrogens (tertiary/aromatic N) is 4. The van der Waals surface area contributed by atoms with Gasteiger partial charge in [0.15, 0.2) is 0 Å². The van der Waals surface area contributed by atoms with E-state index in [-0.39, 0.29) is 17.3 Å². The molecule has 1 aliphatic heterocycles. The molecule has 4 rings (SSSR count). The summed E-state index contributed by atoms with van der Waals surface area (Å²) in [5.74, 6) is 4.76. The molecule has 0 amide bonds. The standard InChI is InChI=1S/C28H32FN5O2/c1-28(2,3)24-18-33(14-15-34(24)26(27(35)36)21-8-11-23(29)12-9-21)25-13-10-22(17-31-25)20-6-4-19(5-7-20)16-32-30/h4-13,16-17,24,26H,14-15,18,30H2,1-3H3,(H,35,36). The molecule has 2 unspecified atom stereocenters. The van der Waals surface area contributed by atoms with Crippen molar-refractivity contribution >= 4 is 18.0 Å². The first-order valence-corrected chi connectivity index (χ1v) is 12.0. The lowest BCUT2D eigenvalue weighted by atomic mass is 9.82. The van der Waals surface area contributed by atoms with Crippen molar-refractivity contribution < 1.29 is 14.3 Å². The summed E-state index contributed by atoms with van der Waals surface area (Å²) in [6.45, 7) is 8.17. The Morgan fingerprint density at radius 1 is 1.08 bits per heavy atom. The number of carbonyl (C=O) groups is 1. The molecule has 1 aromatic heterocycles. The van der Waals surface area contributed by atoms with Gasteiger partial charge in [-0.1, -0.05) is 57.2 Å². The third-order valence-corrected chi connectivity index (χ3v) is 6.71. The average Bonchev–Trinajstić information content (AvgIpc) is 2.85. The number of carboxylic acids is 1. The quantitative estimate of drug-likeness (QED) is 0.300. The summed E-state index contributed by atoms with van der Waals surface area (Å²) in [6.07, 6.45) is 3.46. The minimum Gasteiger partial charge on any atom is -0.480 e. The van der Waals surface area contributed by atoms with Crippen LogP contribution in [0.3, 0.4) is 0 Å². The first-order valence-electron chi connectivity index (χ1n) is 12.0. The molecule has 0 bridgehead atoms. The first-order chi connectivity index (χ1) is 17.2. The van der Waals surface area contributed by atoms with Gasteiger partial charge < -0.3 is 15.8 Å². The van der Waals surface area contributed by atoms with E-state index in [1.165, 1.54) is 12.1 Å². The zero-order valence-corrected chi connectivity index (χ0v) is 20.8. The lowest BCUT2D eigenvalue weighted by Gasteiger charge is -2.49. The van der Waals surface area contributed by atoms with E-state index < -0.39 is 12.0 Å². The van der Waals surface area contributed by atoms with Crippen LogP contribution in [0.2, 0.25) is 0 Å². The fourth-order valence-electron chi connectivity index (χ4n) is 4.80. The summed E-state index contributed by atoms with van der Waals surface area (Å²) < 4.78 is 13.5. The second-order valence-electron chi connectivity index (χ2n) is 10.2. The Hall–Kier alpha value is -3.78. The summed E-state index contributed by atoms with van der Waals surface area (Å²) in [6, 6.07) is 16.8. The second-order valence-corrected chi connectivity index (χ2v) is 10.2. The number of aliphatic carboxylic acids is 1. The van der Waals surface area contributed by atoms with Gasteiger partial charge in [0, 0.05) is 37.4 Å². The Morgan fingerprint density at radius 3 is 2.31 bits per heavy atom. The van der Waals surface area contributed by atoms with Crippen LogP contribution in [0.25, 0.3) is 11.1 Å². The third kappa shape index (κ3) is 5.54. The van der Waals surface area contributed by atoms with E-state index in [2.05, 4.69) is 30.8 Å². The number of halogens is 1. The van der Waals surface area contributed by atoms with Crippen molar-refractivity contribution in [2.75, 3.05) is 24.5 Å². The number of piperazine rings is 1. The monoisotopic (exact) mass is 489 g/mol. The molecule has 1 saturated heterocycles. The smallest absolute Gasteiger partial charge is 0.325 e. The Bertz CT molecular complexity index is 1200. The van der Waals surface area contributed by atoms with Gasteiger partial charge in [-0.2, -0.15) is 5.10 Å². The van der Waals surface area contributed by atoms with Crippen molar-refractivity contribution in [1.29, 1.82) is 0 Å². The summed E-state index contributed by atoms with van der Waals surface area (Å²) in [5, 5.41) is 13.7. The molecule has 8 heteroatoms. The van der Waals surface area contributed by atoms with E-state index >= 15 is 0 Å². The van der Waals surface area contributed by atoms with Gasteiger partial charge >= 0.3 is 5.97 Å². The Labute approximate surface area is 211 Å². The van der Waals surface area contributed by atoms with Crippen LogP contribution in [0.5, 0.6) is 0 Å². The summed E-state index contributed by atoms with van der Waals surface area (Å²) in [4.78, 5) is 21.3. The lowest BCUT2D eigenvalue weighted by molar-refractivity contribution is -0.146. The van der Waals surface area contributed by atoms with E-state index in [0.717, 1.165) is 22.5 Å². The van der Waals surface area contributed by atoms with Crippen LogP contribution in [-0.4, -0.2) is 52.9 Å². The van der Waals surface area contributed by atoms with E-state index in [1.54, 1.807) is 18.3 Å². The fraction of sp³-hybridized carbons (Fsp3) is 0.321. The number of benzene rings is 2. The van der Waals surface area contributed by atoms with Gasteiger partial charge in [-0.25, -0.2) is 9.37 Å². The van der Waals surface area contributed by atoms with Gasteiger partial charge in [0.25, 0.3) is 0 Å². The number of anilines is 1. The number of nitrogens with two attached hydrogens (primary N) is 1. The number of hydrogen-bond acceptors (Lipinski definition) is 6. The molecular formula is C28H32FN5O2. The van der Waals surface area contributed by atoms with E-state index in [4.69, 9.17) is 10.8 Å². The molecule has 3 aromatic rings. The van der Waals surface area contributed by atoms with E-state index in [0.29, 0.717) is 25.2 Å². The Morgan fingerprint density at radius 2 is 1.75 bits per heavy atom. The van der Waals surface area contributed by atoms with Gasteiger partial charge in [-0.15, -0.1) is 0 Å². The molecule has 0 spiro atoms. The predicted molar refractivity (Wildman–Crippen MR) is 140 cm³/mol. The van der Waals surface area contributed by atoms with Gasteiger partial charge in [0.05, 0.1) is 6.21 Å². The zero-order valence-electron chi connectivity index (χ0n) is 20.8. The van der Waals surface area contributed by atoms with Crippen molar-refractivity contribution in [3.8, 4) is 11.1 Å². The Balaban J connectivity index is 1.55. The molecular weight excluding hydrogens is 457 g/mol. The summed E-state index contributed by atoms with van der Waals surface area (Å²) in [5.41, 5.74) is 3.36. The van der Waals surface area contributed by atoms with Crippen molar-refractivity contribution in [3.63, 3.8) is 0 Å². The van der Waals surface area contributed by atoms with E-state index in [1.807, 2.05) is 47.5 Å². The molecule has 0 saturated carbocycles. The molecule has 36 heavy (non-hydrogen) atoms. The molecule has 7 nitrogen and oxygen atoms in total. The van der Waals surface area contributed by atoms with Gasteiger partial charge in [0.2, 0.25) is 0 Å². The number of hydrazone groups is 1. The van der Waals surface area contributed by atoms with E-state index in [9.17, 15) is 14.3 Å². The van der Waals surface area contributed by atoms with Crippen molar-refractivity contribution in [1.82, 2.24) is 9.88 Å². The van der Waals surface area contributed by atoms with Gasteiger partial charge in [-0.05, 0) is 46.4 Å². The molecule has 0 radical (unpaired) electrons. The van der Waals surface area contributed by atoms with Crippen molar-refractivity contribution in [2.45, 2.75) is 32.9 Å². The number of rotatable bonds is 6. The van der Waals surface area contributed by atoms with Crippen LogP contribution >= 0.6 is 0 Å². The van der Waals surface area contributed by atoms with Gasteiger partial charge in [0.1, 0.15) is 17.7 Å². The van der Waals surface area contributed by atoms with Crippen molar-refractivity contribution in [2.24, 2.45) is 16.4 Å². The summed E-state index contributed by atoms with van der Waals surface area (Å²) >= 11 is 0. The largest absolute Gasteiger partial charge is 0.480 e. The molecule has 2 atom stereocenters. The predicted octanol–water partition coefficient (Wildman–Crippen LogP) is 4.54. The number of carboxylic acid groups (broad SMARTS) is 1. The summed E-state index contributed by atoms with van der Waals surface area (Å²) in [7, 11) is 0. The topological polar surface area (TPSA) is 95.0 Å². The van der Waals surface area contributed by atoms with Crippen LogP contribution in [0, 0.1) is 11.2 Å². The second kappa shape index (κ2) is 10.5. The molecule has 1 fully saturated rings. The molecule has 0 aliphatic carbocycles. The van der Waals surface area contributed by atoms with Crippen LogP contribution in [0.1, 0.15) is 37.9 Å². The maximum absolute atomic E-state index is 13.5. The van der Waals surface area contributed by atoms with Crippen LogP contribution in [0.4, 0.5) is 10.2 Å². The average molecular weight is 490 g/mol. The van der Waals surface area contributed by atoms with Crippen LogP contribution < -0.4 is 10.7 Å². The minimum atomic E-state index is -0.935. The highest BCUT2D eigenvalue weighted by Crippen LogP contribution is 2.35. The SMILES string of the molecule is CC(C)(C)C1CN(c2ccc(-c3ccc(C=NN)cc3)cn2)CCN1C(C(=O)O)c1ccc(F)cc1. The molecule has 1 aliphatic rings. The fourth-order valence-corrected chi connectivity index (χ4v) is 4.80. The van der Waals surface area contributed by atoms with Crippen molar-refractivity contribution in [3.05, 3.63) is 83.8 Å². The molecule has 2 heterocycles. The van der Waals surface area contributed by atoms with Crippen LogP contribution in [0.15, 0.2) is 72.0 Å². The number of pyridine rings is 1. The number of hydrogen-bond donors (Lipinski definition) is 2. The van der Waals surface area contributed by atoms with Gasteiger partial charge in [-0.3, -0.25) is 9.69 Å². The lowest BCUT2D eigenvalue weighted by Crippen LogP contribution is -2.60. The normalized spacial score (nSPS) is 17.9. The highest BCUT2D eigenvalue weighted by Gasteiger charge is 2.42. The highest BCUT2D eigenvalue weighted by molar-refractivity contribution is 5.80. The van der Waals surface area contributed by atoms with Crippen LogP contribution in [-0.2, 0) is 4.79 Å². The highest BCUT2D eigenvalue weighted by atomic mass is 19.1.